The number of hydrogen-bond acceptors (Lipinski definition) is 3. The second-order valence-electron chi connectivity index (χ2n) is 4.76. The Hall–Kier alpha value is -1.10. The van der Waals surface area contributed by atoms with Gasteiger partial charge in [0.25, 0.3) is 0 Å². The van der Waals surface area contributed by atoms with Crippen molar-refractivity contribution >= 4 is 11.9 Å². The summed E-state index contributed by atoms with van der Waals surface area (Å²) < 4.78 is 0. The largest absolute Gasteiger partial charge is 0.481 e. The molecule has 1 aliphatic rings. The van der Waals surface area contributed by atoms with Gasteiger partial charge in [0, 0.05) is 12.6 Å². The Morgan fingerprint density at radius 1 is 1.29 bits per heavy atom. The number of nitrogens with one attached hydrogen (secondary N) is 1. The smallest absolute Gasteiger partial charge is 0.307 e. The first-order valence-corrected chi connectivity index (χ1v) is 6.20. The van der Waals surface area contributed by atoms with Crippen LogP contribution in [0.1, 0.15) is 39.0 Å². The number of hydrogen-bond donors (Lipinski definition) is 3. The number of aliphatic hydroxyl groups is 1. The highest BCUT2D eigenvalue weighted by Gasteiger charge is 2.35. The van der Waals surface area contributed by atoms with Crippen molar-refractivity contribution in [1.82, 2.24) is 5.32 Å². The van der Waals surface area contributed by atoms with Crippen LogP contribution in [0.2, 0.25) is 0 Å². The normalized spacial score (nSPS) is 26.2. The molecule has 1 fully saturated rings. The van der Waals surface area contributed by atoms with Crippen LogP contribution in [0.4, 0.5) is 0 Å². The van der Waals surface area contributed by atoms with Gasteiger partial charge in [-0.15, -0.1) is 0 Å². The lowest BCUT2D eigenvalue weighted by atomic mass is 9.78. The Bertz CT molecular complexity index is 280. The molecule has 0 radical (unpaired) electrons. The number of aliphatic carboxylic acids is 1. The summed E-state index contributed by atoms with van der Waals surface area (Å²) in [6.07, 6.45) is 3.52. The maximum atomic E-state index is 11.9. The molecule has 1 unspecified atom stereocenters. The van der Waals surface area contributed by atoms with Gasteiger partial charge in [-0.3, -0.25) is 9.59 Å². The van der Waals surface area contributed by atoms with Crippen LogP contribution in [-0.2, 0) is 9.59 Å². The van der Waals surface area contributed by atoms with E-state index in [4.69, 9.17) is 10.2 Å². The fraction of sp³-hybridized carbons (Fsp3) is 0.833. The molecule has 0 aromatic heterocycles. The molecule has 5 heteroatoms. The summed E-state index contributed by atoms with van der Waals surface area (Å²) in [5, 5.41) is 20.6. The summed E-state index contributed by atoms with van der Waals surface area (Å²) in [7, 11) is 0. The van der Waals surface area contributed by atoms with E-state index >= 15 is 0 Å². The molecule has 17 heavy (non-hydrogen) atoms. The first-order valence-electron chi connectivity index (χ1n) is 6.20. The lowest BCUT2D eigenvalue weighted by molar-refractivity contribution is -0.149. The molecule has 0 bridgehead atoms. The van der Waals surface area contributed by atoms with Crippen LogP contribution in [0, 0.1) is 11.8 Å². The van der Waals surface area contributed by atoms with Crippen molar-refractivity contribution in [2.24, 2.45) is 11.8 Å². The molecule has 0 spiro atoms. The Morgan fingerprint density at radius 2 is 1.88 bits per heavy atom. The molecule has 0 aromatic carbocycles. The summed E-state index contributed by atoms with van der Waals surface area (Å²) in [4.78, 5) is 23.0. The fourth-order valence-corrected chi connectivity index (χ4v) is 2.36. The molecule has 98 valence electrons. The Labute approximate surface area is 101 Å². The summed E-state index contributed by atoms with van der Waals surface area (Å²) in [5.74, 6) is -2.02. The lowest BCUT2D eigenvalue weighted by Crippen LogP contribution is -2.43. The van der Waals surface area contributed by atoms with Gasteiger partial charge in [0.05, 0.1) is 11.8 Å². The van der Waals surface area contributed by atoms with Gasteiger partial charge in [0.15, 0.2) is 0 Å². The van der Waals surface area contributed by atoms with E-state index in [1.54, 1.807) is 0 Å². The molecular formula is C12H21NO4. The molecule has 1 aliphatic carbocycles. The minimum Gasteiger partial charge on any atom is -0.481 e. The SMILES string of the molecule is CC(CCO)NC(=O)[C@@H]1CCCC[C@@H]1C(=O)O. The van der Waals surface area contributed by atoms with Crippen molar-refractivity contribution in [3.8, 4) is 0 Å². The van der Waals surface area contributed by atoms with Crippen molar-refractivity contribution in [1.29, 1.82) is 0 Å². The lowest BCUT2D eigenvalue weighted by Gasteiger charge is -2.28. The number of carboxylic acid groups (broad SMARTS) is 1. The van der Waals surface area contributed by atoms with Crippen LogP contribution in [-0.4, -0.2) is 34.7 Å². The molecule has 1 rings (SSSR count). The molecule has 0 aromatic rings. The number of carbonyl (C=O) groups excluding carboxylic acids is 1. The van der Waals surface area contributed by atoms with Crippen molar-refractivity contribution in [2.75, 3.05) is 6.61 Å². The van der Waals surface area contributed by atoms with E-state index in [1.807, 2.05) is 6.92 Å². The average Bonchev–Trinajstić information content (AvgIpc) is 2.29. The number of rotatable bonds is 5. The predicted molar refractivity (Wildman–Crippen MR) is 62.4 cm³/mol. The molecule has 5 nitrogen and oxygen atoms in total. The van der Waals surface area contributed by atoms with Crippen LogP contribution in [0.5, 0.6) is 0 Å². The van der Waals surface area contributed by atoms with E-state index in [1.165, 1.54) is 0 Å². The van der Waals surface area contributed by atoms with Crippen LogP contribution in [0.3, 0.4) is 0 Å². The van der Waals surface area contributed by atoms with Crippen molar-refractivity contribution in [3.05, 3.63) is 0 Å². The number of carboxylic acids is 1. The molecule has 0 saturated heterocycles. The van der Waals surface area contributed by atoms with Gasteiger partial charge in [-0.1, -0.05) is 12.8 Å². The van der Waals surface area contributed by atoms with E-state index in [9.17, 15) is 9.59 Å². The van der Waals surface area contributed by atoms with E-state index in [-0.39, 0.29) is 18.6 Å². The standard InChI is InChI=1S/C12H21NO4/c1-8(6-7-14)13-11(15)9-4-2-3-5-10(9)12(16)17/h8-10,14H,2-7H2,1H3,(H,13,15)(H,16,17)/t8?,9-,10+/m1/s1. The van der Waals surface area contributed by atoms with E-state index in [0.717, 1.165) is 12.8 Å². The van der Waals surface area contributed by atoms with Gasteiger partial charge in [-0.25, -0.2) is 0 Å². The first kappa shape index (κ1) is 14.0. The third-order valence-corrected chi connectivity index (χ3v) is 3.37. The van der Waals surface area contributed by atoms with Crippen molar-refractivity contribution < 1.29 is 19.8 Å². The maximum Gasteiger partial charge on any atom is 0.307 e. The third-order valence-electron chi connectivity index (χ3n) is 3.37. The van der Waals surface area contributed by atoms with E-state index in [2.05, 4.69) is 5.32 Å². The first-order chi connectivity index (χ1) is 8.06. The highest BCUT2D eigenvalue weighted by Crippen LogP contribution is 2.30. The van der Waals surface area contributed by atoms with Crippen LogP contribution in [0.15, 0.2) is 0 Å². The summed E-state index contributed by atoms with van der Waals surface area (Å²) in [6, 6.07) is -0.108. The van der Waals surface area contributed by atoms with Crippen molar-refractivity contribution in [3.63, 3.8) is 0 Å². The van der Waals surface area contributed by atoms with Crippen LogP contribution in [0.25, 0.3) is 0 Å². The zero-order chi connectivity index (χ0) is 12.8. The van der Waals surface area contributed by atoms with Gasteiger partial charge in [-0.05, 0) is 26.2 Å². The van der Waals surface area contributed by atoms with E-state index < -0.39 is 17.8 Å². The Balaban J connectivity index is 2.56. The van der Waals surface area contributed by atoms with Crippen molar-refractivity contribution in [2.45, 2.75) is 45.1 Å². The summed E-state index contributed by atoms with van der Waals surface area (Å²) in [6.45, 7) is 1.83. The van der Waals surface area contributed by atoms with E-state index in [0.29, 0.717) is 19.3 Å². The minimum absolute atomic E-state index is 0.0223. The molecule has 1 saturated carbocycles. The number of amides is 1. The highest BCUT2D eigenvalue weighted by molar-refractivity contribution is 5.85. The number of carbonyl (C=O) groups is 2. The topological polar surface area (TPSA) is 86.6 Å². The quantitative estimate of drug-likeness (QED) is 0.665. The van der Waals surface area contributed by atoms with Gasteiger partial charge in [0.2, 0.25) is 5.91 Å². The molecule has 3 atom stereocenters. The average molecular weight is 243 g/mol. The minimum atomic E-state index is -0.875. The van der Waals surface area contributed by atoms with Gasteiger partial charge in [0.1, 0.15) is 0 Å². The predicted octanol–water partition coefficient (Wildman–Crippen LogP) is 0.764. The zero-order valence-electron chi connectivity index (χ0n) is 10.2. The third kappa shape index (κ3) is 4.00. The Kier molecular flexibility index (Phi) is 5.41. The highest BCUT2D eigenvalue weighted by atomic mass is 16.4. The van der Waals surface area contributed by atoms with Crippen LogP contribution >= 0.6 is 0 Å². The summed E-state index contributed by atoms with van der Waals surface area (Å²) in [5.41, 5.74) is 0. The fourth-order valence-electron chi connectivity index (χ4n) is 2.36. The molecule has 0 aliphatic heterocycles. The molecular weight excluding hydrogens is 222 g/mol. The van der Waals surface area contributed by atoms with Gasteiger partial charge < -0.3 is 15.5 Å². The maximum absolute atomic E-state index is 11.9. The Morgan fingerprint density at radius 3 is 2.41 bits per heavy atom. The van der Waals surface area contributed by atoms with Crippen LogP contribution < -0.4 is 5.32 Å². The molecule has 3 N–H and O–H groups in total. The zero-order valence-corrected chi connectivity index (χ0v) is 10.2. The molecule has 0 heterocycles. The second kappa shape index (κ2) is 6.59. The molecule has 1 amide bonds. The second-order valence-corrected chi connectivity index (χ2v) is 4.76. The summed E-state index contributed by atoms with van der Waals surface area (Å²) >= 11 is 0. The van der Waals surface area contributed by atoms with Gasteiger partial charge >= 0.3 is 5.97 Å². The number of aliphatic hydroxyl groups excluding tert-OH is 1. The van der Waals surface area contributed by atoms with Gasteiger partial charge in [-0.2, -0.15) is 0 Å². The monoisotopic (exact) mass is 243 g/mol.